The maximum Gasteiger partial charge on any atom is 0.294 e. The zero-order chi connectivity index (χ0) is 12.1. The van der Waals surface area contributed by atoms with Gasteiger partial charge < -0.3 is 14.5 Å². The largest absolute Gasteiger partial charge is 0.497 e. The van der Waals surface area contributed by atoms with Gasteiger partial charge in [-0.1, -0.05) is 12.1 Å². The van der Waals surface area contributed by atoms with Crippen molar-refractivity contribution in [2.24, 2.45) is 0 Å². The average Bonchev–Trinajstić information content (AvgIpc) is 2.85. The fraction of sp³-hybridized carbons (Fsp3) is 0.308. The summed E-state index contributed by atoms with van der Waals surface area (Å²) in [5, 5.41) is 2.87. The highest BCUT2D eigenvalue weighted by atomic mass is 16.5. The lowest BCUT2D eigenvalue weighted by atomic mass is 10.1. The molecule has 0 aliphatic heterocycles. The first-order valence-corrected chi connectivity index (χ1v) is 5.57. The van der Waals surface area contributed by atoms with Crippen molar-refractivity contribution >= 4 is 6.01 Å². The Balaban J connectivity index is 1.92. The first kappa shape index (κ1) is 11.5. The summed E-state index contributed by atoms with van der Waals surface area (Å²) in [6.45, 7) is 0. The molecular formula is C13H16N2O2. The van der Waals surface area contributed by atoms with E-state index in [1.54, 1.807) is 20.4 Å². The van der Waals surface area contributed by atoms with Gasteiger partial charge in [0, 0.05) is 7.05 Å². The summed E-state index contributed by atoms with van der Waals surface area (Å²) in [4.78, 5) is 4.28. The van der Waals surface area contributed by atoms with Crippen LogP contribution in [0.15, 0.2) is 34.9 Å². The average molecular weight is 232 g/mol. The standard InChI is InChI=1S/C13H16N2O2/c1-14-13-15-11(9-17-13)6-3-10-4-7-12(16-2)8-5-10/h4-5,7-9H,3,6H2,1-2H3,(H,14,15). The van der Waals surface area contributed by atoms with Crippen LogP contribution in [-0.4, -0.2) is 19.1 Å². The molecule has 0 saturated heterocycles. The molecule has 2 aromatic rings. The van der Waals surface area contributed by atoms with E-state index in [1.165, 1.54) is 5.56 Å². The molecule has 4 heteroatoms. The molecule has 17 heavy (non-hydrogen) atoms. The molecule has 0 amide bonds. The van der Waals surface area contributed by atoms with Crippen molar-refractivity contribution in [2.75, 3.05) is 19.5 Å². The van der Waals surface area contributed by atoms with Crippen molar-refractivity contribution in [1.82, 2.24) is 4.98 Å². The van der Waals surface area contributed by atoms with E-state index in [4.69, 9.17) is 9.15 Å². The van der Waals surface area contributed by atoms with Gasteiger partial charge in [0.25, 0.3) is 6.01 Å². The molecule has 0 atom stereocenters. The summed E-state index contributed by atoms with van der Waals surface area (Å²) in [6.07, 6.45) is 3.51. The maximum absolute atomic E-state index is 5.20. The predicted octanol–water partition coefficient (Wildman–Crippen LogP) is 2.51. The maximum atomic E-state index is 5.20. The van der Waals surface area contributed by atoms with Gasteiger partial charge in [0.15, 0.2) is 0 Å². The molecule has 0 spiro atoms. The first-order chi connectivity index (χ1) is 8.31. The molecule has 0 unspecified atom stereocenters. The number of anilines is 1. The number of methoxy groups -OCH3 is 1. The van der Waals surface area contributed by atoms with Crippen molar-refractivity contribution in [3.63, 3.8) is 0 Å². The molecular weight excluding hydrogens is 216 g/mol. The number of ether oxygens (including phenoxy) is 1. The Morgan fingerprint density at radius 3 is 2.59 bits per heavy atom. The monoisotopic (exact) mass is 232 g/mol. The van der Waals surface area contributed by atoms with Gasteiger partial charge in [-0.25, -0.2) is 0 Å². The SMILES string of the molecule is CNc1nc(CCc2ccc(OC)cc2)co1. The Morgan fingerprint density at radius 1 is 1.24 bits per heavy atom. The van der Waals surface area contributed by atoms with Gasteiger partial charge >= 0.3 is 0 Å². The summed E-state index contributed by atoms with van der Waals surface area (Å²) in [6, 6.07) is 8.64. The second-order valence-corrected chi connectivity index (χ2v) is 3.74. The Bertz CT molecular complexity index is 463. The van der Waals surface area contributed by atoms with Crippen LogP contribution >= 0.6 is 0 Å². The number of oxazole rings is 1. The molecule has 1 aromatic carbocycles. The van der Waals surface area contributed by atoms with Crippen molar-refractivity contribution in [1.29, 1.82) is 0 Å². The van der Waals surface area contributed by atoms with E-state index in [0.717, 1.165) is 24.3 Å². The molecule has 0 aliphatic carbocycles. The smallest absolute Gasteiger partial charge is 0.294 e. The van der Waals surface area contributed by atoms with Crippen LogP contribution in [0.3, 0.4) is 0 Å². The van der Waals surface area contributed by atoms with Gasteiger partial charge in [0.05, 0.1) is 12.8 Å². The second kappa shape index (κ2) is 5.39. The lowest BCUT2D eigenvalue weighted by Gasteiger charge is -2.01. The number of aromatic nitrogens is 1. The van der Waals surface area contributed by atoms with Crippen molar-refractivity contribution in [3.05, 3.63) is 41.8 Å². The van der Waals surface area contributed by atoms with Crippen LogP contribution in [0.2, 0.25) is 0 Å². The van der Waals surface area contributed by atoms with Crippen LogP contribution in [0.4, 0.5) is 6.01 Å². The highest BCUT2D eigenvalue weighted by Crippen LogP contribution is 2.14. The van der Waals surface area contributed by atoms with Crippen LogP contribution in [0.25, 0.3) is 0 Å². The van der Waals surface area contributed by atoms with Gasteiger partial charge in [-0.15, -0.1) is 0 Å². The third-order valence-electron chi connectivity index (χ3n) is 2.59. The van der Waals surface area contributed by atoms with Crippen LogP contribution in [0.5, 0.6) is 5.75 Å². The summed E-state index contributed by atoms with van der Waals surface area (Å²) < 4.78 is 10.3. The van der Waals surface area contributed by atoms with Gasteiger partial charge in [-0.3, -0.25) is 0 Å². The third kappa shape index (κ3) is 3.00. The van der Waals surface area contributed by atoms with Gasteiger partial charge in [0.2, 0.25) is 0 Å². The number of aryl methyl sites for hydroxylation is 2. The lowest BCUT2D eigenvalue weighted by molar-refractivity contribution is 0.414. The van der Waals surface area contributed by atoms with Crippen molar-refractivity contribution in [2.45, 2.75) is 12.8 Å². The molecule has 90 valence electrons. The van der Waals surface area contributed by atoms with E-state index in [9.17, 15) is 0 Å². The zero-order valence-corrected chi connectivity index (χ0v) is 10.1. The molecule has 0 bridgehead atoms. The van der Waals surface area contributed by atoms with Gasteiger partial charge in [-0.2, -0.15) is 4.98 Å². The number of hydrogen-bond donors (Lipinski definition) is 1. The van der Waals surface area contributed by atoms with Crippen molar-refractivity contribution < 1.29 is 9.15 Å². The van der Waals surface area contributed by atoms with E-state index in [1.807, 2.05) is 12.1 Å². The molecule has 0 fully saturated rings. The Kier molecular flexibility index (Phi) is 3.65. The lowest BCUT2D eigenvalue weighted by Crippen LogP contribution is -1.93. The minimum atomic E-state index is 0.565. The van der Waals surface area contributed by atoms with E-state index >= 15 is 0 Å². The minimum Gasteiger partial charge on any atom is -0.497 e. The highest BCUT2D eigenvalue weighted by Gasteiger charge is 2.02. The summed E-state index contributed by atoms with van der Waals surface area (Å²) >= 11 is 0. The van der Waals surface area contributed by atoms with Crippen LogP contribution in [-0.2, 0) is 12.8 Å². The Labute approximate surface area is 101 Å². The molecule has 2 rings (SSSR count). The third-order valence-corrected chi connectivity index (χ3v) is 2.59. The van der Waals surface area contributed by atoms with Gasteiger partial charge in [0.1, 0.15) is 12.0 Å². The fourth-order valence-electron chi connectivity index (χ4n) is 1.60. The fourth-order valence-corrected chi connectivity index (χ4v) is 1.60. The summed E-state index contributed by atoms with van der Waals surface area (Å²) in [7, 11) is 3.46. The normalized spacial score (nSPS) is 10.2. The highest BCUT2D eigenvalue weighted by molar-refractivity contribution is 5.28. The predicted molar refractivity (Wildman–Crippen MR) is 66.5 cm³/mol. The molecule has 1 N–H and O–H groups in total. The quantitative estimate of drug-likeness (QED) is 0.860. The minimum absolute atomic E-state index is 0.565. The molecule has 0 aliphatic rings. The molecule has 4 nitrogen and oxygen atoms in total. The van der Waals surface area contributed by atoms with E-state index in [0.29, 0.717) is 6.01 Å². The van der Waals surface area contributed by atoms with E-state index in [2.05, 4.69) is 22.4 Å². The van der Waals surface area contributed by atoms with Gasteiger partial charge in [-0.05, 0) is 30.5 Å². The number of nitrogens with zero attached hydrogens (tertiary/aromatic N) is 1. The second-order valence-electron chi connectivity index (χ2n) is 3.74. The number of nitrogens with one attached hydrogen (secondary N) is 1. The Morgan fingerprint density at radius 2 is 2.00 bits per heavy atom. The molecule has 1 aromatic heterocycles. The number of hydrogen-bond acceptors (Lipinski definition) is 4. The molecule has 0 radical (unpaired) electrons. The zero-order valence-electron chi connectivity index (χ0n) is 10.1. The summed E-state index contributed by atoms with van der Waals surface area (Å²) in [5.74, 6) is 0.882. The van der Waals surface area contributed by atoms with E-state index < -0.39 is 0 Å². The Hall–Kier alpha value is -1.97. The topological polar surface area (TPSA) is 47.3 Å². The molecule has 0 saturated carbocycles. The summed E-state index contributed by atoms with van der Waals surface area (Å²) in [5.41, 5.74) is 2.23. The van der Waals surface area contributed by atoms with Crippen molar-refractivity contribution in [3.8, 4) is 5.75 Å². The van der Waals surface area contributed by atoms with Crippen LogP contribution in [0, 0.1) is 0 Å². The van der Waals surface area contributed by atoms with Crippen LogP contribution in [0.1, 0.15) is 11.3 Å². The van der Waals surface area contributed by atoms with Crippen LogP contribution < -0.4 is 10.1 Å². The number of benzene rings is 1. The van der Waals surface area contributed by atoms with E-state index in [-0.39, 0.29) is 0 Å². The number of rotatable bonds is 5. The first-order valence-electron chi connectivity index (χ1n) is 5.57. The molecule has 1 heterocycles.